The molecule has 0 saturated heterocycles. The molecule has 2 fully saturated rings. The van der Waals surface area contributed by atoms with Gasteiger partial charge < -0.3 is 4.74 Å². The lowest BCUT2D eigenvalue weighted by atomic mass is 9.70. The largest absolute Gasteiger partial charge is 0.573 e. The number of ether oxygens (including phenoxy) is 1. The Labute approximate surface area is 243 Å². The van der Waals surface area contributed by atoms with Crippen molar-refractivity contribution in [2.24, 2.45) is 17.8 Å². The van der Waals surface area contributed by atoms with Crippen LogP contribution in [0.2, 0.25) is 0 Å². The first kappa shape index (κ1) is 30.2. The van der Waals surface area contributed by atoms with E-state index in [-0.39, 0.29) is 11.6 Å². The molecule has 5 rings (SSSR count). The number of halogens is 4. The summed E-state index contributed by atoms with van der Waals surface area (Å²) in [5, 5.41) is 0. The van der Waals surface area contributed by atoms with E-state index in [0.29, 0.717) is 23.7 Å². The third kappa shape index (κ3) is 8.17. The Morgan fingerprint density at radius 2 is 1.41 bits per heavy atom. The molecule has 0 N–H and O–H groups in total. The number of allylic oxidation sites excluding steroid dienone is 2. The predicted octanol–water partition coefficient (Wildman–Crippen LogP) is 11.7. The number of hydrogen-bond donors (Lipinski definition) is 0. The molecule has 2 saturated carbocycles. The predicted molar refractivity (Wildman–Crippen MR) is 158 cm³/mol. The highest BCUT2D eigenvalue weighted by molar-refractivity contribution is 5.67. The SMILES string of the molecule is CCCCCC1CCC(c2ccc(C3=CCC(C4CCC(c5ccc(OC(F)(F)F)cc5)CC4)CC3)c(F)c2)CC1. The van der Waals surface area contributed by atoms with Crippen molar-refractivity contribution in [1.29, 1.82) is 0 Å². The lowest BCUT2D eigenvalue weighted by Crippen LogP contribution is -2.22. The summed E-state index contributed by atoms with van der Waals surface area (Å²) >= 11 is 0. The van der Waals surface area contributed by atoms with Gasteiger partial charge in [0.1, 0.15) is 11.6 Å². The van der Waals surface area contributed by atoms with Gasteiger partial charge in [0.25, 0.3) is 0 Å². The summed E-state index contributed by atoms with van der Waals surface area (Å²) in [6, 6.07) is 12.5. The highest BCUT2D eigenvalue weighted by Gasteiger charge is 2.32. The molecule has 41 heavy (non-hydrogen) atoms. The van der Waals surface area contributed by atoms with Crippen LogP contribution in [0.5, 0.6) is 5.75 Å². The van der Waals surface area contributed by atoms with Gasteiger partial charge in [0, 0.05) is 5.56 Å². The third-order valence-electron chi connectivity index (χ3n) is 10.3. The Kier molecular flexibility index (Phi) is 10.1. The van der Waals surface area contributed by atoms with E-state index in [1.165, 1.54) is 74.6 Å². The minimum absolute atomic E-state index is 0.0515. The highest BCUT2D eigenvalue weighted by Crippen LogP contribution is 2.45. The van der Waals surface area contributed by atoms with Crippen LogP contribution in [0.25, 0.3) is 5.57 Å². The molecular weight excluding hydrogens is 524 g/mol. The zero-order valence-electron chi connectivity index (χ0n) is 24.5. The van der Waals surface area contributed by atoms with Crippen molar-refractivity contribution in [3.63, 3.8) is 0 Å². The first-order valence-corrected chi connectivity index (χ1v) is 16.1. The van der Waals surface area contributed by atoms with Crippen molar-refractivity contribution in [3.05, 3.63) is 71.0 Å². The fourth-order valence-corrected chi connectivity index (χ4v) is 7.91. The molecule has 2 aromatic rings. The van der Waals surface area contributed by atoms with E-state index in [9.17, 15) is 13.2 Å². The summed E-state index contributed by atoms with van der Waals surface area (Å²) < 4.78 is 56.7. The molecule has 0 heterocycles. The Hall–Kier alpha value is -2.30. The van der Waals surface area contributed by atoms with E-state index >= 15 is 4.39 Å². The molecule has 1 atom stereocenters. The molecule has 0 aliphatic heterocycles. The average Bonchev–Trinajstić information content (AvgIpc) is 2.97. The Morgan fingerprint density at radius 3 is 2.02 bits per heavy atom. The minimum atomic E-state index is -4.66. The van der Waals surface area contributed by atoms with E-state index in [1.54, 1.807) is 12.1 Å². The topological polar surface area (TPSA) is 9.23 Å². The van der Waals surface area contributed by atoms with Crippen LogP contribution in [0, 0.1) is 23.6 Å². The molecule has 0 spiro atoms. The van der Waals surface area contributed by atoms with Crippen molar-refractivity contribution < 1.29 is 22.3 Å². The summed E-state index contributed by atoms with van der Waals surface area (Å²) in [5.74, 6) is 2.86. The van der Waals surface area contributed by atoms with E-state index in [4.69, 9.17) is 0 Å². The maximum atomic E-state index is 15.3. The quantitative estimate of drug-likeness (QED) is 0.215. The smallest absolute Gasteiger partial charge is 0.406 e. The maximum Gasteiger partial charge on any atom is 0.573 e. The second-order valence-electron chi connectivity index (χ2n) is 12.9. The second kappa shape index (κ2) is 13.8. The van der Waals surface area contributed by atoms with Crippen molar-refractivity contribution in [1.82, 2.24) is 0 Å². The fraction of sp³-hybridized carbons (Fsp3) is 0.611. The molecule has 3 aliphatic carbocycles. The molecule has 1 nitrogen and oxygen atoms in total. The van der Waals surface area contributed by atoms with Gasteiger partial charge in [0.15, 0.2) is 0 Å². The maximum absolute atomic E-state index is 15.3. The molecule has 3 aliphatic rings. The van der Waals surface area contributed by atoms with Crippen LogP contribution < -0.4 is 4.74 Å². The molecular formula is C36H46F4O. The summed E-state index contributed by atoms with van der Waals surface area (Å²) in [7, 11) is 0. The van der Waals surface area contributed by atoms with Gasteiger partial charge in [0.05, 0.1) is 0 Å². The molecule has 1 unspecified atom stereocenters. The molecule has 0 radical (unpaired) electrons. The molecule has 0 amide bonds. The Balaban J connectivity index is 1.09. The van der Waals surface area contributed by atoms with Gasteiger partial charge in [-0.1, -0.05) is 62.9 Å². The molecule has 224 valence electrons. The van der Waals surface area contributed by atoms with Crippen LogP contribution in [0.15, 0.2) is 48.5 Å². The standard InChI is InChI=1S/C36H46F4O/c1-2-3-4-5-25-6-8-30(9-7-25)32-20-23-34(35(37)24-32)31-16-14-28(15-17-31)26-10-12-27(13-11-26)29-18-21-33(22-19-29)41-36(38,39)40/h16,18-28,30H,2-15,17H2,1H3. The van der Waals surface area contributed by atoms with Crippen LogP contribution in [0.4, 0.5) is 17.6 Å². The summed E-state index contributed by atoms with van der Waals surface area (Å²) in [6.07, 6.45) is 15.4. The zero-order chi connectivity index (χ0) is 28.8. The molecule has 2 aromatic carbocycles. The fourth-order valence-electron chi connectivity index (χ4n) is 7.91. The van der Waals surface area contributed by atoms with Gasteiger partial charge in [-0.05, 0) is 135 Å². The van der Waals surface area contributed by atoms with Crippen LogP contribution >= 0.6 is 0 Å². The average molecular weight is 571 g/mol. The normalized spacial score (nSPS) is 27.3. The summed E-state index contributed by atoms with van der Waals surface area (Å²) in [6.45, 7) is 2.26. The number of rotatable bonds is 9. The lowest BCUT2D eigenvalue weighted by molar-refractivity contribution is -0.274. The third-order valence-corrected chi connectivity index (χ3v) is 10.3. The summed E-state index contributed by atoms with van der Waals surface area (Å²) in [4.78, 5) is 0. The summed E-state index contributed by atoms with van der Waals surface area (Å²) in [5.41, 5.74) is 4.25. The van der Waals surface area contributed by atoms with E-state index in [1.807, 2.05) is 12.1 Å². The number of alkyl halides is 3. The molecule has 0 aromatic heterocycles. The minimum Gasteiger partial charge on any atom is -0.406 e. The van der Waals surface area contributed by atoms with Gasteiger partial charge in [-0.3, -0.25) is 0 Å². The zero-order valence-corrected chi connectivity index (χ0v) is 24.5. The number of benzene rings is 2. The first-order valence-electron chi connectivity index (χ1n) is 16.1. The van der Waals surface area contributed by atoms with Crippen molar-refractivity contribution in [2.45, 2.75) is 121 Å². The number of unbranched alkanes of at least 4 members (excludes halogenated alkanes) is 2. The van der Waals surface area contributed by atoms with E-state index in [0.717, 1.165) is 62.0 Å². The van der Waals surface area contributed by atoms with Crippen LogP contribution in [0.3, 0.4) is 0 Å². The van der Waals surface area contributed by atoms with Gasteiger partial charge in [-0.15, -0.1) is 13.2 Å². The molecule has 0 bridgehead atoms. The monoisotopic (exact) mass is 570 g/mol. The van der Waals surface area contributed by atoms with Crippen LogP contribution in [-0.2, 0) is 0 Å². The van der Waals surface area contributed by atoms with Gasteiger partial charge >= 0.3 is 6.36 Å². The van der Waals surface area contributed by atoms with Crippen molar-refractivity contribution in [2.75, 3.05) is 0 Å². The lowest BCUT2D eigenvalue weighted by Gasteiger charge is -2.36. The van der Waals surface area contributed by atoms with Crippen molar-refractivity contribution >= 4 is 5.57 Å². The first-order chi connectivity index (χ1) is 19.8. The Morgan fingerprint density at radius 1 is 0.756 bits per heavy atom. The van der Waals surface area contributed by atoms with Crippen LogP contribution in [-0.4, -0.2) is 6.36 Å². The van der Waals surface area contributed by atoms with Gasteiger partial charge in [-0.2, -0.15) is 0 Å². The van der Waals surface area contributed by atoms with Gasteiger partial charge in [-0.25, -0.2) is 4.39 Å². The highest BCUT2D eigenvalue weighted by atomic mass is 19.4. The Bertz CT molecular complexity index is 1140. The number of hydrogen-bond acceptors (Lipinski definition) is 1. The van der Waals surface area contributed by atoms with E-state index < -0.39 is 6.36 Å². The second-order valence-corrected chi connectivity index (χ2v) is 12.9. The van der Waals surface area contributed by atoms with Crippen LogP contribution in [0.1, 0.15) is 132 Å². The van der Waals surface area contributed by atoms with Gasteiger partial charge in [0.2, 0.25) is 0 Å². The van der Waals surface area contributed by atoms with E-state index in [2.05, 4.69) is 23.8 Å². The molecule has 5 heteroatoms. The van der Waals surface area contributed by atoms with Crippen molar-refractivity contribution in [3.8, 4) is 5.75 Å².